The van der Waals surface area contributed by atoms with Crippen LogP contribution < -0.4 is 5.32 Å². The summed E-state index contributed by atoms with van der Waals surface area (Å²) in [5.74, 6) is 1.54. The topological polar surface area (TPSA) is 49.4 Å². The van der Waals surface area contributed by atoms with E-state index in [1.54, 1.807) is 18.2 Å². The minimum Gasteiger partial charge on any atom is -0.342 e. The molecule has 1 heterocycles. The number of piperidine rings is 1. The molecule has 0 spiro atoms. The standard InChI is InChI=1S/C26H30Cl2N2O2/c27-24-2-1-3-25(28)23(24)15-26(32)30-12-10-21(11-13-30)20-8-6-18(7-9-20)14-22(31)17-29-16-19-4-5-19/h1-3,6-9,19,21,29H,4-5,10-17H2. The Bertz CT molecular complexity index is 929. The first-order chi connectivity index (χ1) is 15.5. The van der Waals surface area contributed by atoms with E-state index in [-0.39, 0.29) is 18.1 Å². The number of nitrogens with one attached hydrogen (secondary N) is 1. The van der Waals surface area contributed by atoms with Crippen LogP contribution in [0.25, 0.3) is 0 Å². The number of benzene rings is 2. The molecule has 2 aromatic carbocycles. The SMILES string of the molecule is O=C(CNCC1CC1)Cc1ccc(C2CCN(C(=O)Cc3c(Cl)cccc3Cl)CC2)cc1. The summed E-state index contributed by atoms with van der Waals surface area (Å²) in [6.07, 6.45) is 5.19. The highest BCUT2D eigenvalue weighted by atomic mass is 35.5. The Morgan fingerprint density at radius 2 is 1.56 bits per heavy atom. The number of carbonyl (C=O) groups is 2. The molecule has 1 saturated carbocycles. The van der Waals surface area contributed by atoms with Gasteiger partial charge >= 0.3 is 0 Å². The lowest BCUT2D eigenvalue weighted by atomic mass is 9.88. The Labute approximate surface area is 200 Å². The van der Waals surface area contributed by atoms with Gasteiger partial charge in [0.1, 0.15) is 0 Å². The van der Waals surface area contributed by atoms with E-state index in [2.05, 4.69) is 29.6 Å². The van der Waals surface area contributed by atoms with Crippen LogP contribution in [0.5, 0.6) is 0 Å². The van der Waals surface area contributed by atoms with Crippen molar-refractivity contribution in [1.29, 1.82) is 0 Å². The first-order valence-electron chi connectivity index (χ1n) is 11.5. The van der Waals surface area contributed by atoms with Gasteiger partial charge < -0.3 is 10.2 Å². The summed E-state index contributed by atoms with van der Waals surface area (Å²) in [6.45, 7) is 2.90. The Balaban J connectivity index is 1.23. The van der Waals surface area contributed by atoms with Crippen LogP contribution in [-0.2, 0) is 22.4 Å². The molecule has 0 bridgehead atoms. The van der Waals surface area contributed by atoms with Crippen LogP contribution in [0.1, 0.15) is 48.3 Å². The highest BCUT2D eigenvalue weighted by Gasteiger charge is 2.25. The Hall–Kier alpha value is -1.88. The van der Waals surface area contributed by atoms with Gasteiger partial charge in [0.05, 0.1) is 13.0 Å². The van der Waals surface area contributed by atoms with Crippen LogP contribution in [0.2, 0.25) is 10.0 Å². The molecule has 4 rings (SSSR count). The Morgan fingerprint density at radius 3 is 2.19 bits per heavy atom. The minimum absolute atomic E-state index is 0.0719. The molecule has 0 radical (unpaired) electrons. The lowest BCUT2D eigenvalue weighted by Crippen LogP contribution is -2.38. The molecule has 0 aromatic heterocycles. The molecule has 2 aromatic rings. The van der Waals surface area contributed by atoms with E-state index in [0.717, 1.165) is 44.0 Å². The molecule has 1 aliphatic carbocycles. The van der Waals surface area contributed by atoms with Crippen molar-refractivity contribution in [3.8, 4) is 0 Å². The van der Waals surface area contributed by atoms with Crippen LogP contribution in [0, 0.1) is 5.92 Å². The molecule has 0 unspecified atom stereocenters. The van der Waals surface area contributed by atoms with Gasteiger partial charge in [0.15, 0.2) is 5.78 Å². The minimum atomic E-state index is 0.0719. The monoisotopic (exact) mass is 472 g/mol. The Kier molecular flexibility index (Phi) is 7.88. The fourth-order valence-electron chi connectivity index (χ4n) is 4.36. The smallest absolute Gasteiger partial charge is 0.227 e. The van der Waals surface area contributed by atoms with E-state index in [9.17, 15) is 9.59 Å². The largest absolute Gasteiger partial charge is 0.342 e. The first kappa shape index (κ1) is 23.3. The van der Waals surface area contributed by atoms with E-state index in [1.165, 1.54) is 18.4 Å². The highest BCUT2D eigenvalue weighted by Crippen LogP contribution is 2.30. The maximum atomic E-state index is 12.7. The third kappa shape index (κ3) is 6.34. The first-order valence-corrected chi connectivity index (χ1v) is 12.3. The second kappa shape index (κ2) is 10.8. The van der Waals surface area contributed by atoms with Crippen LogP contribution in [-0.4, -0.2) is 42.8 Å². The van der Waals surface area contributed by atoms with Crippen LogP contribution in [0.4, 0.5) is 0 Å². The van der Waals surface area contributed by atoms with Crippen molar-refractivity contribution in [3.05, 3.63) is 69.2 Å². The molecule has 1 N–H and O–H groups in total. The number of ketones is 1. The molecule has 6 heteroatoms. The molecule has 0 atom stereocenters. The number of Topliss-reactive ketones (excluding diaryl/α,β-unsaturated/α-hetero) is 1. The quantitative estimate of drug-likeness (QED) is 0.555. The van der Waals surface area contributed by atoms with Crippen molar-refractivity contribution in [1.82, 2.24) is 10.2 Å². The summed E-state index contributed by atoms with van der Waals surface area (Å²) in [7, 11) is 0. The van der Waals surface area contributed by atoms with Crippen molar-refractivity contribution < 1.29 is 9.59 Å². The van der Waals surface area contributed by atoms with E-state index in [4.69, 9.17) is 23.2 Å². The maximum absolute atomic E-state index is 12.7. The van der Waals surface area contributed by atoms with E-state index >= 15 is 0 Å². The van der Waals surface area contributed by atoms with Crippen LogP contribution >= 0.6 is 23.2 Å². The molecule has 4 nitrogen and oxygen atoms in total. The zero-order valence-electron chi connectivity index (χ0n) is 18.3. The molecule has 2 fully saturated rings. The Morgan fingerprint density at radius 1 is 0.906 bits per heavy atom. The van der Waals surface area contributed by atoms with E-state index < -0.39 is 0 Å². The number of carbonyl (C=O) groups excluding carboxylic acids is 2. The van der Waals surface area contributed by atoms with Gasteiger partial charge in [-0.2, -0.15) is 0 Å². The molecule has 1 amide bonds. The van der Waals surface area contributed by atoms with Crippen molar-refractivity contribution in [2.24, 2.45) is 5.92 Å². The van der Waals surface area contributed by atoms with Gasteiger partial charge in [-0.25, -0.2) is 0 Å². The number of halogens is 2. The zero-order valence-corrected chi connectivity index (χ0v) is 19.8. The number of likely N-dealkylation sites (tertiary alicyclic amines) is 1. The zero-order chi connectivity index (χ0) is 22.5. The van der Waals surface area contributed by atoms with E-state index in [0.29, 0.717) is 34.5 Å². The van der Waals surface area contributed by atoms with Crippen molar-refractivity contribution in [2.75, 3.05) is 26.2 Å². The number of amides is 1. The van der Waals surface area contributed by atoms with Crippen molar-refractivity contribution >= 4 is 34.9 Å². The third-order valence-electron chi connectivity index (χ3n) is 6.54. The van der Waals surface area contributed by atoms with Crippen LogP contribution in [0.3, 0.4) is 0 Å². The lowest BCUT2D eigenvalue weighted by Gasteiger charge is -2.32. The lowest BCUT2D eigenvalue weighted by molar-refractivity contribution is -0.131. The summed E-state index contributed by atoms with van der Waals surface area (Å²) in [6, 6.07) is 13.8. The number of hydrogen-bond donors (Lipinski definition) is 1. The highest BCUT2D eigenvalue weighted by molar-refractivity contribution is 6.36. The summed E-state index contributed by atoms with van der Waals surface area (Å²) in [5, 5.41) is 4.35. The second-order valence-corrected chi connectivity index (χ2v) is 9.88. The number of rotatable bonds is 9. The number of nitrogens with zero attached hydrogens (tertiary/aromatic N) is 1. The molecular weight excluding hydrogens is 443 g/mol. The maximum Gasteiger partial charge on any atom is 0.227 e. The third-order valence-corrected chi connectivity index (χ3v) is 7.25. The van der Waals surface area contributed by atoms with Gasteiger partial charge in [0, 0.05) is 29.6 Å². The molecule has 170 valence electrons. The van der Waals surface area contributed by atoms with Gasteiger partial charge in [-0.1, -0.05) is 53.5 Å². The molecule has 1 aliphatic heterocycles. The van der Waals surface area contributed by atoms with Gasteiger partial charge in [0.25, 0.3) is 0 Å². The van der Waals surface area contributed by atoms with Gasteiger partial charge in [-0.05, 0) is 72.9 Å². The molecular formula is C26H30Cl2N2O2. The predicted molar refractivity (Wildman–Crippen MR) is 129 cm³/mol. The fourth-order valence-corrected chi connectivity index (χ4v) is 4.89. The van der Waals surface area contributed by atoms with Gasteiger partial charge in [0.2, 0.25) is 5.91 Å². The predicted octanol–water partition coefficient (Wildman–Crippen LogP) is 5.05. The average Bonchev–Trinajstić information content (AvgIpc) is 3.61. The summed E-state index contributed by atoms with van der Waals surface area (Å²) in [4.78, 5) is 26.8. The average molecular weight is 473 g/mol. The fraction of sp³-hybridized carbons (Fsp3) is 0.462. The van der Waals surface area contributed by atoms with E-state index in [1.807, 2.05) is 4.90 Å². The molecule has 1 saturated heterocycles. The summed E-state index contributed by atoms with van der Waals surface area (Å²) in [5.41, 5.74) is 3.06. The summed E-state index contributed by atoms with van der Waals surface area (Å²) < 4.78 is 0. The van der Waals surface area contributed by atoms with Crippen LogP contribution in [0.15, 0.2) is 42.5 Å². The van der Waals surface area contributed by atoms with Crippen molar-refractivity contribution in [3.63, 3.8) is 0 Å². The van der Waals surface area contributed by atoms with Crippen molar-refractivity contribution in [2.45, 2.75) is 44.4 Å². The molecule has 32 heavy (non-hydrogen) atoms. The second-order valence-electron chi connectivity index (χ2n) is 9.06. The van der Waals surface area contributed by atoms with Gasteiger partial charge in [-0.15, -0.1) is 0 Å². The normalized spacial score (nSPS) is 16.9. The number of hydrogen-bond acceptors (Lipinski definition) is 3. The van der Waals surface area contributed by atoms with Gasteiger partial charge in [-0.3, -0.25) is 9.59 Å². The molecule has 2 aliphatic rings. The summed E-state index contributed by atoms with van der Waals surface area (Å²) >= 11 is 12.4.